The summed E-state index contributed by atoms with van der Waals surface area (Å²) in [5, 5.41) is 16.3. The van der Waals surface area contributed by atoms with Crippen molar-refractivity contribution in [2.75, 3.05) is 5.32 Å². The standard InChI is InChI=1S/C22H15F2N5/c23-19-10-15(12-25)11-20(24)22(19)27-13-17-14-29(18-4-2-1-3-5-18)28-21(17)16-6-8-26-9-7-16/h1-11,14,27H,13H2. The molecule has 0 atom stereocenters. The van der Waals surface area contributed by atoms with E-state index in [2.05, 4.69) is 15.4 Å². The van der Waals surface area contributed by atoms with Crippen molar-refractivity contribution in [2.45, 2.75) is 6.54 Å². The number of aromatic nitrogens is 3. The Bertz CT molecular complexity index is 1160. The van der Waals surface area contributed by atoms with E-state index in [1.54, 1.807) is 23.1 Å². The van der Waals surface area contributed by atoms with Gasteiger partial charge in [0.25, 0.3) is 0 Å². The summed E-state index contributed by atoms with van der Waals surface area (Å²) in [7, 11) is 0. The zero-order valence-corrected chi connectivity index (χ0v) is 15.2. The maximum absolute atomic E-state index is 14.2. The fourth-order valence-corrected chi connectivity index (χ4v) is 3.00. The highest BCUT2D eigenvalue weighted by atomic mass is 19.1. The first-order valence-electron chi connectivity index (χ1n) is 8.83. The van der Waals surface area contributed by atoms with Crippen LogP contribution in [0.15, 0.2) is 73.2 Å². The maximum atomic E-state index is 14.2. The normalized spacial score (nSPS) is 10.5. The highest BCUT2D eigenvalue weighted by Gasteiger charge is 2.15. The highest BCUT2D eigenvalue weighted by molar-refractivity contribution is 5.63. The highest BCUT2D eigenvalue weighted by Crippen LogP contribution is 2.26. The number of rotatable bonds is 5. The third-order valence-electron chi connectivity index (χ3n) is 4.39. The fourth-order valence-electron chi connectivity index (χ4n) is 3.00. The number of anilines is 1. The van der Waals surface area contributed by atoms with Crippen LogP contribution in [0.3, 0.4) is 0 Å². The van der Waals surface area contributed by atoms with Crippen LogP contribution in [-0.4, -0.2) is 14.8 Å². The minimum absolute atomic E-state index is 0.0695. The molecular formula is C22H15F2N5. The zero-order valence-electron chi connectivity index (χ0n) is 15.2. The Morgan fingerprint density at radius 2 is 1.69 bits per heavy atom. The van der Waals surface area contributed by atoms with Crippen molar-refractivity contribution in [3.63, 3.8) is 0 Å². The number of hydrogen-bond donors (Lipinski definition) is 1. The molecule has 0 saturated carbocycles. The molecule has 1 N–H and O–H groups in total. The summed E-state index contributed by atoms with van der Waals surface area (Å²) >= 11 is 0. The first kappa shape index (κ1) is 18.3. The van der Waals surface area contributed by atoms with Crippen LogP contribution >= 0.6 is 0 Å². The van der Waals surface area contributed by atoms with Crippen molar-refractivity contribution < 1.29 is 8.78 Å². The maximum Gasteiger partial charge on any atom is 0.150 e. The monoisotopic (exact) mass is 387 g/mol. The van der Waals surface area contributed by atoms with Gasteiger partial charge in [0, 0.05) is 36.3 Å². The van der Waals surface area contributed by atoms with E-state index in [1.165, 1.54) is 0 Å². The van der Waals surface area contributed by atoms with Gasteiger partial charge < -0.3 is 5.32 Å². The first-order valence-corrected chi connectivity index (χ1v) is 8.83. The van der Waals surface area contributed by atoms with Gasteiger partial charge in [-0.15, -0.1) is 0 Å². The van der Waals surface area contributed by atoms with Crippen molar-refractivity contribution in [3.8, 4) is 23.0 Å². The second-order valence-electron chi connectivity index (χ2n) is 6.30. The molecule has 7 heteroatoms. The Balaban J connectivity index is 1.70. The molecule has 142 valence electrons. The smallest absolute Gasteiger partial charge is 0.150 e. The lowest BCUT2D eigenvalue weighted by Gasteiger charge is -2.09. The average molecular weight is 387 g/mol. The van der Waals surface area contributed by atoms with Gasteiger partial charge in [-0.1, -0.05) is 18.2 Å². The third kappa shape index (κ3) is 3.82. The molecule has 2 aromatic carbocycles. The van der Waals surface area contributed by atoms with Crippen molar-refractivity contribution in [1.82, 2.24) is 14.8 Å². The summed E-state index contributed by atoms with van der Waals surface area (Å²) in [4.78, 5) is 4.02. The Hall–Kier alpha value is -4.05. The van der Waals surface area contributed by atoms with Gasteiger partial charge in [-0.25, -0.2) is 13.5 Å². The van der Waals surface area contributed by atoms with Crippen LogP contribution in [0.1, 0.15) is 11.1 Å². The third-order valence-corrected chi connectivity index (χ3v) is 4.39. The molecule has 0 saturated heterocycles. The number of halogens is 2. The van der Waals surface area contributed by atoms with E-state index >= 15 is 0 Å². The molecule has 2 aromatic heterocycles. The number of nitriles is 1. The van der Waals surface area contributed by atoms with Gasteiger partial charge in [0.15, 0.2) is 11.6 Å². The van der Waals surface area contributed by atoms with Crippen molar-refractivity contribution in [3.05, 3.63) is 95.9 Å². The van der Waals surface area contributed by atoms with Crippen LogP contribution in [0.4, 0.5) is 14.5 Å². The van der Waals surface area contributed by atoms with Crippen LogP contribution in [0, 0.1) is 23.0 Å². The van der Waals surface area contributed by atoms with Gasteiger partial charge in [-0.05, 0) is 36.4 Å². The van der Waals surface area contributed by atoms with E-state index in [9.17, 15) is 8.78 Å². The van der Waals surface area contributed by atoms with Crippen LogP contribution in [0.25, 0.3) is 16.9 Å². The van der Waals surface area contributed by atoms with Gasteiger partial charge in [-0.2, -0.15) is 10.4 Å². The molecule has 0 radical (unpaired) electrons. The molecule has 0 aliphatic carbocycles. The second kappa shape index (κ2) is 7.90. The number of nitrogens with one attached hydrogen (secondary N) is 1. The minimum atomic E-state index is -0.817. The molecule has 5 nitrogen and oxygen atoms in total. The Morgan fingerprint density at radius 1 is 1.00 bits per heavy atom. The van der Waals surface area contributed by atoms with Gasteiger partial charge in [-0.3, -0.25) is 4.98 Å². The molecule has 0 unspecified atom stereocenters. The molecule has 0 spiro atoms. The lowest BCUT2D eigenvalue weighted by atomic mass is 10.1. The predicted molar refractivity (Wildman–Crippen MR) is 105 cm³/mol. The van der Waals surface area contributed by atoms with E-state index in [1.807, 2.05) is 48.7 Å². The summed E-state index contributed by atoms with van der Waals surface area (Å²) in [5.74, 6) is -1.63. The lowest BCUT2D eigenvalue weighted by molar-refractivity contribution is 0.587. The summed E-state index contributed by atoms with van der Waals surface area (Å²) in [6.45, 7) is 0.143. The molecule has 2 heterocycles. The molecule has 4 aromatic rings. The molecule has 29 heavy (non-hydrogen) atoms. The van der Waals surface area contributed by atoms with E-state index in [0.717, 1.165) is 28.9 Å². The van der Waals surface area contributed by atoms with E-state index in [0.29, 0.717) is 5.69 Å². The number of hydrogen-bond acceptors (Lipinski definition) is 4. The zero-order chi connectivity index (χ0) is 20.2. The average Bonchev–Trinajstić information content (AvgIpc) is 3.18. The summed E-state index contributed by atoms with van der Waals surface area (Å²) in [6.07, 6.45) is 5.14. The molecule has 4 rings (SSSR count). The predicted octanol–water partition coefficient (Wildman–Crippen LogP) is 4.70. The second-order valence-corrected chi connectivity index (χ2v) is 6.30. The summed E-state index contributed by atoms with van der Waals surface area (Å²) in [6, 6.07) is 16.9. The van der Waals surface area contributed by atoms with E-state index in [-0.39, 0.29) is 17.8 Å². The fraction of sp³-hybridized carbons (Fsp3) is 0.0455. The molecule has 0 aliphatic heterocycles. The number of benzene rings is 2. The Kier molecular flexibility index (Phi) is 4.99. The molecule has 0 aliphatic rings. The molecule has 0 fully saturated rings. The Labute approximate surface area is 165 Å². The quantitative estimate of drug-likeness (QED) is 0.539. The van der Waals surface area contributed by atoms with Gasteiger partial charge in [0.2, 0.25) is 0 Å². The number of nitrogens with zero attached hydrogens (tertiary/aromatic N) is 4. The van der Waals surface area contributed by atoms with Crippen LogP contribution < -0.4 is 5.32 Å². The van der Waals surface area contributed by atoms with Crippen LogP contribution in [0.2, 0.25) is 0 Å². The molecular weight excluding hydrogens is 372 g/mol. The largest absolute Gasteiger partial charge is 0.376 e. The topological polar surface area (TPSA) is 66.5 Å². The van der Waals surface area contributed by atoms with Crippen molar-refractivity contribution >= 4 is 5.69 Å². The van der Waals surface area contributed by atoms with Crippen LogP contribution in [0.5, 0.6) is 0 Å². The van der Waals surface area contributed by atoms with Crippen molar-refractivity contribution in [1.29, 1.82) is 5.26 Å². The number of pyridine rings is 1. The SMILES string of the molecule is N#Cc1cc(F)c(NCc2cn(-c3ccccc3)nc2-c2ccncc2)c(F)c1. The van der Waals surface area contributed by atoms with Gasteiger partial charge in [0.1, 0.15) is 5.69 Å². The van der Waals surface area contributed by atoms with Crippen LogP contribution in [-0.2, 0) is 6.54 Å². The van der Waals surface area contributed by atoms with Gasteiger partial charge >= 0.3 is 0 Å². The van der Waals surface area contributed by atoms with Gasteiger partial charge in [0.05, 0.1) is 23.0 Å². The minimum Gasteiger partial charge on any atom is -0.376 e. The molecule has 0 amide bonds. The number of para-hydroxylation sites is 1. The van der Waals surface area contributed by atoms with Crippen molar-refractivity contribution in [2.24, 2.45) is 0 Å². The van der Waals surface area contributed by atoms with E-state index < -0.39 is 11.6 Å². The molecule has 0 bridgehead atoms. The lowest BCUT2D eigenvalue weighted by Crippen LogP contribution is -2.05. The summed E-state index contributed by atoms with van der Waals surface area (Å²) < 4.78 is 30.1. The summed E-state index contributed by atoms with van der Waals surface area (Å²) in [5.41, 5.74) is 2.79. The Morgan fingerprint density at radius 3 is 2.34 bits per heavy atom. The first-order chi connectivity index (χ1) is 14.2. The van der Waals surface area contributed by atoms with E-state index in [4.69, 9.17) is 5.26 Å².